The second-order valence-corrected chi connectivity index (χ2v) is 7.53. The Morgan fingerprint density at radius 2 is 1.86 bits per heavy atom. The van der Waals surface area contributed by atoms with Crippen molar-refractivity contribution >= 4 is 12.0 Å². The van der Waals surface area contributed by atoms with Crippen LogP contribution in [-0.2, 0) is 9.53 Å². The molecule has 0 unspecified atom stereocenters. The summed E-state index contributed by atoms with van der Waals surface area (Å²) in [5.74, 6) is 0.253. The molecule has 0 aromatic rings. The maximum atomic E-state index is 12.4. The Labute approximate surface area is 131 Å². The van der Waals surface area contributed by atoms with E-state index < -0.39 is 6.09 Å². The van der Waals surface area contributed by atoms with Crippen LogP contribution in [0.4, 0.5) is 4.79 Å². The maximum absolute atomic E-state index is 12.4. The zero-order valence-electron chi connectivity index (χ0n) is 13.3. The van der Waals surface area contributed by atoms with Gasteiger partial charge in [-0.15, -0.1) is 0 Å². The lowest BCUT2D eigenvalue weighted by Crippen LogP contribution is -2.42. The first-order chi connectivity index (χ1) is 10.4. The summed E-state index contributed by atoms with van der Waals surface area (Å²) in [6, 6.07) is 0. The topological polar surface area (TPSA) is 78.9 Å². The number of carboxylic acid groups (broad SMARTS) is 1. The number of carbonyl (C=O) groups excluding carboxylic acids is 1. The molecule has 22 heavy (non-hydrogen) atoms. The summed E-state index contributed by atoms with van der Waals surface area (Å²) in [6.45, 7) is 5.63. The number of likely N-dealkylation sites (tertiary alicyclic amines) is 1. The van der Waals surface area contributed by atoms with Crippen LogP contribution in [0, 0.1) is 16.7 Å². The van der Waals surface area contributed by atoms with Crippen molar-refractivity contribution in [1.29, 1.82) is 0 Å². The van der Waals surface area contributed by atoms with Gasteiger partial charge < -0.3 is 20.1 Å². The van der Waals surface area contributed by atoms with Crippen molar-refractivity contribution in [3.8, 4) is 0 Å². The molecule has 0 aromatic heterocycles. The molecular weight excluding hydrogens is 284 g/mol. The molecule has 0 bridgehead atoms. The fourth-order valence-electron chi connectivity index (χ4n) is 3.88. The molecule has 1 spiro atoms. The predicted octanol–water partition coefficient (Wildman–Crippen LogP) is 1.70. The van der Waals surface area contributed by atoms with E-state index in [-0.39, 0.29) is 22.7 Å². The Balaban J connectivity index is 1.46. The third-order valence-corrected chi connectivity index (χ3v) is 5.93. The number of nitrogens with zero attached hydrogens (tertiary/aromatic N) is 1. The molecule has 2 N–H and O–H groups in total. The van der Waals surface area contributed by atoms with Crippen LogP contribution in [0.3, 0.4) is 0 Å². The number of hydrogen-bond acceptors (Lipinski definition) is 3. The van der Waals surface area contributed by atoms with Crippen molar-refractivity contribution in [3.05, 3.63) is 0 Å². The number of carbonyl (C=O) groups is 2. The second-order valence-electron chi connectivity index (χ2n) is 7.53. The van der Waals surface area contributed by atoms with E-state index >= 15 is 0 Å². The highest BCUT2D eigenvalue weighted by atomic mass is 16.5. The van der Waals surface area contributed by atoms with Gasteiger partial charge in [0.25, 0.3) is 0 Å². The SMILES string of the molecule is CC1(CNC(=O)[C@H]2CC23CCN(C(=O)O)CC3)CCOCC1. The van der Waals surface area contributed by atoms with Gasteiger partial charge in [-0.25, -0.2) is 4.79 Å². The van der Waals surface area contributed by atoms with Gasteiger partial charge in [-0.05, 0) is 42.9 Å². The predicted molar refractivity (Wildman–Crippen MR) is 80.5 cm³/mol. The molecule has 3 aliphatic rings. The monoisotopic (exact) mass is 310 g/mol. The summed E-state index contributed by atoms with van der Waals surface area (Å²) in [7, 11) is 0. The van der Waals surface area contributed by atoms with E-state index in [2.05, 4.69) is 12.2 Å². The van der Waals surface area contributed by atoms with Gasteiger partial charge in [0, 0.05) is 38.8 Å². The molecular formula is C16H26N2O4. The van der Waals surface area contributed by atoms with Crippen LogP contribution < -0.4 is 5.32 Å². The van der Waals surface area contributed by atoms with E-state index in [9.17, 15) is 9.59 Å². The number of amides is 2. The molecule has 1 aliphatic carbocycles. The van der Waals surface area contributed by atoms with Crippen LogP contribution in [0.2, 0.25) is 0 Å². The fourth-order valence-corrected chi connectivity index (χ4v) is 3.88. The van der Waals surface area contributed by atoms with Crippen LogP contribution in [0.1, 0.15) is 39.0 Å². The minimum absolute atomic E-state index is 0.0760. The average Bonchev–Trinajstić information content (AvgIpc) is 3.20. The molecule has 0 radical (unpaired) electrons. The summed E-state index contributed by atoms with van der Waals surface area (Å²) in [5.41, 5.74) is 0.231. The number of nitrogens with one attached hydrogen (secondary N) is 1. The van der Waals surface area contributed by atoms with Crippen LogP contribution in [-0.4, -0.2) is 54.9 Å². The van der Waals surface area contributed by atoms with E-state index in [0.29, 0.717) is 13.1 Å². The second kappa shape index (κ2) is 5.72. The molecule has 1 saturated carbocycles. The first-order valence-corrected chi connectivity index (χ1v) is 8.28. The van der Waals surface area contributed by atoms with Gasteiger partial charge in [-0.2, -0.15) is 0 Å². The van der Waals surface area contributed by atoms with Gasteiger partial charge in [0.15, 0.2) is 0 Å². The summed E-state index contributed by atoms with van der Waals surface area (Å²) < 4.78 is 5.39. The van der Waals surface area contributed by atoms with Crippen LogP contribution in [0.5, 0.6) is 0 Å². The molecule has 6 nitrogen and oxygen atoms in total. The molecule has 2 aliphatic heterocycles. The van der Waals surface area contributed by atoms with Gasteiger partial charge in [-0.1, -0.05) is 6.92 Å². The summed E-state index contributed by atoms with van der Waals surface area (Å²) in [5, 5.41) is 12.1. The third kappa shape index (κ3) is 3.07. The summed E-state index contributed by atoms with van der Waals surface area (Å²) >= 11 is 0. The van der Waals surface area contributed by atoms with Gasteiger partial charge >= 0.3 is 6.09 Å². The lowest BCUT2D eigenvalue weighted by Gasteiger charge is -2.34. The van der Waals surface area contributed by atoms with E-state index in [1.807, 2.05) is 0 Å². The van der Waals surface area contributed by atoms with E-state index in [0.717, 1.165) is 51.9 Å². The molecule has 2 saturated heterocycles. The standard InChI is InChI=1S/C16H26N2O4/c1-15(4-8-22-9-5-15)11-17-13(19)12-10-16(12)2-6-18(7-3-16)14(20)21/h12H,2-11H2,1H3,(H,17,19)(H,20,21)/t12-/m1/s1. The lowest BCUT2D eigenvalue weighted by molar-refractivity contribution is -0.124. The average molecular weight is 310 g/mol. The van der Waals surface area contributed by atoms with Crippen molar-refractivity contribution in [2.24, 2.45) is 16.7 Å². The largest absolute Gasteiger partial charge is 0.465 e. The number of piperidine rings is 1. The molecule has 3 rings (SSSR count). The molecule has 6 heteroatoms. The highest BCUT2D eigenvalue weighted by Crippen LogP contribution is 2.59. The Morgan fingerprint density at radius 3 is 2.45 bits per heavy atom. The van der Waals surface area contributed by atoms with Gasteiger partial charge in [-0.3, -0.25) is 4.79 Å². The number of hydrogen-bond donors (Lipinski definition) is 2. The smallest absolute Gasteiger partial charge is 0.407 e. The van der Waals surface area contributed by atoms with Crippen molar-refractivity contribution in [3.63, 3.8) is 0 Å². The minimum Gasteiger partial charge on any atom is -0.465 e. The quantitative estimate of drug-likeness (QED) is 0.831. The molecule has 124 valence electrons. The summed E-state index contributed by atoms with van der Waals surface area (Å²) in [4.78, 5) is 24.8. The Kier molecular flexibility index (Phi) is 4.05. The first-order valence-electron chi connectivity index (χ1n) is 8.28. The zero-order chi connectivity index (χ0) is 15.8. The van der Waals surface area contributed by atoms with Gasteiger partial charge in [0.2, 0.25) is 5.91 Å². The highest BCUT2D eigenvalue weighted by Gasteiger charge is 2.58. The van der Waals surface area contributed by atoms with E-state index in [1.54, 1.807) is 0 Å². The van der Waals surface area contributed by atoms with E-state index in [1.165, 1.54) is 4.90 Å². The fraction of sp³-hybridized carbons (Fsp3) is 0.875. The zero-order valence-corrected chi connectivity index (χ0v) is 13.3. The Morgan fingerprint density at radius 1 is 1.23 bits per heavy atom. The maximum Gasteiger partial charge on any atom is 0.407 e. The number of ether oxygens (including phenoxy) is 1. The van der Waals surface area contributed by atoms with Crippen molar-refractivity contribution in [2.45, 2.75) is 39.0 Å². The highest BCUT2D eigenvalue weighted by molar-refractivity contribution is 5.82. The lowest BCUT2D eigenvalue weighted by atomic mass is 9.82. The molecule has 2 amide bonds. The molecule has 0 aromatic carbocycles. The summed E-state index contributed by atoms with van der Waals surface area (Å²) in [6.07, 6.45) is 3.72. The molecule has 1 atom stereocenters. The van der Waals surface area contributed by atoms with Crippen LogP contribution in [0.25, 0.3) is 0 Å². The minimum atomic E-state index is -0.844. The molecule has 3 fully saturated rings. The van der Waals surface area contributed by atoms with Crippen LogP contribution >= 0.6 is 0 Å². The van der Waals surface area contributed by atoms with Crippen molar-refractivity contribution in [1.82, 2.24) is 10.2 Å². The van der Waals surface area contributed by atoms with E-state index in [4.69, 9.17) is 9.84 Å². The molecule has 2 heterocycles. The van der Waals surface area contributed by atoms with Crippen LogP contribution in [0.15, 0.2) is 0 Å². The van der Waals surface area contributed by atoms with Crippen molar-refractivity contribution in [2.75, 3.05) is 32.8 Å². The normalized spacial score (nSPS) is 29.1. The third-order valence-electron chi connectivity index (χ3n) is 5.93. The van der Waals surface area contributed by atoms with Gasteiger partial charge in [0.05, 0.1) is 0 Å². The Bertz CT molecular complexity index is 451. The first kappa shape index (κ1) is 15.6. The Hall–Kier alpha value is -1.30. The van der Waals surface area contributed by atoms with Crippen molar-refractivity contribution < 1.29 is 19.4 Å². The number of rotatable bonds is 3. The van der Waals surface area contributed by atoms with Gasteiger partial charge in [0.1, 0.15) is 0 Å².